The number of nitrogens with zero attached hydrogens (tertiary/aromatic N) is 3. The van der Waals surface area contributed by atoms with E-state index in [2.05, 4.69) is 15.7 Å². The number of hydroxylamine groups is 1. The molecule has 4 rings (SSSR count). The Kier molecular flexibility index (Phi) is 4.17. The summed E-state index contributed by atoms with van der Waals surface area (Å²) in [6, 6.07) is -0.191. The SMILES string of the molecule is CC1(c2nnc(C3CCOCC3)o2)CN(C(=O)NOC2CCC2)C1. The zero-order valence-electron chi connectivity index (χ0n) is 14.0. The summed E-state index contributed by atoms with van der Waals surface area (Å²) in [6.45, 7) is 4.65. The molecule has 3 aliphatic rings. The summed E-state index contributed by atoms with van der Waals surface area (Å²) in [5, 5.41) is 8.45. The van der Waals surface area contributed by atoms with E-state index in [1.54, 1.807) is 4.90 Å². The fraction of sp³-hybridized carbons (Fsp3) is 0.812. The normalized spacial score (nSPS) is 24.3. The minimum atomic E-state index is -0.274. The van der Waals surface area contributed by atoms with E-state index >= 15 is 0 Å². The van der Waals surface area contributed by atoms with Crippen molar-refractivity contribution in [1.29, 1.82) is 0 Å². The molecule has 24 heavy (non-hydrogen) atoms. The average molecular weight is 336 g/mol. The van der Waals surface area contributed by atoms with Gasteiger partial charge in [-0.25, -0.2) is 10.3 Å². The number of amides is 2. The highest BCUT2D eigenvalue weighted by atomic mass is 16.7. The summed E-state index contributed by atoms with van der Waals surface area (Å²) < 4.78 is 11.3. The van der Waals surface area contributed by atoms with Crippen molar-refractivity contribution in [3.63, 3.8) is 0 Å². The second kappa shape index (κ2) is 6.33. The van der Waals surface area contributed by atoms with Crippen molar-refractivity contribution in [2.24, 2.45) is 0 Å². The van der Waals surface area contributed by atoms with Crippen LogP contribution in [0.15, 0.2) is 4.42 Å². The average Bonchev–Trinajstić information content (AvgIpc) is 3.01. The van der Waals surface area contributed by atoms with Gasteiger partial charge in [-0.3, -0.25) is 4.84 Å². The third kappa shape index (κ3) is 3.00. The Morgan fingerprint density at radius 3 is 2.67 bits per heavy atom. The maximum absolute atomic E-state index is 12.1. The van der Waals surface area contributed by atoms with Gasteiger partial charge in [-0.1, -0.05) is 0 Å². The zero-order valence-corrected chi connectivity index (χ0v) is 14.0. The summed E-state index contributed by atoms with van der Waals surface area (Å²) in [4.78, 5) is 19.1. The largest absolute Gasteiger partial charge is 0.424 e. The van der Waals surface area contributed by atoms with Crippen LogP contribution >= 0.6 is 0 Å². The van der Waals surface area contributed by atoms with Gasteiger partial charge in [0.25, 0.3) is 0 Å². The molecule has 2 amide bonds. The maximum atomic E-state index is 12.1. The van der Waals surface area contributed by atoms with Gasteiger partial charge in [0.05, 0.1) is 11.5 Å². The molecule has 1 aromatic rings. The van der Waals surface area contributed by atoms with Crippen LogP contribution in [0.2, 0.25) is 0 Å². The first-order valence-corrected chi connectivity index (χ1v) is 8.76. The van der Waals surface area contributed by atoms with Crippen LogP contribution in [0.25, 0.3) is 0 Å². The fourth-order valence-corrected chi connectivity index (χ4v) is 3.35. The highest BCUT2D eigenvalue weighted by molar-refractivity contribution is 5.74. The lowest BCUT2D eigenvalue weighted by Crippen LogP contribution is -2.62. The van der Waals surface area contributed by atoms with Gasteiger partial charge in [-0.05, 0) is 39.0 Å². The van der Waals surface area contributed by atoms with Crippen molar-refractivity contribution in [3.8, 4) is 0 Å². The third-order valence-corrected chi connectivity index (χ3v) is 5.26. The molecule has 0 bridgehead atoms. The molecule has 0 radical (unpaired) electrons. The molecule has 8 heteroatoms. The van der Waals surface area contributed by atoms with Gasteiger partial charge in [0.15, 0.2) is 0 Å². The zero-order chi connectivity index (χ0) is 16.6. The maximum Gasteiger partial charge on any atom is 0.341 e. The summed E-state index contributed by atoms with van der Waals surface area (Å²) in [6.07, 6.45) is 5.25. The highest BCUT2D eigenvalue weighted by Gasteiger charge is 2.47. The first-order valence-electron chi connectivity index (χ1n) is 8.76. The number of likely N-dealkylation sites (tertiary alicyclic amines) is 1. The van der Waals surface area contributed by atoms with E-state index in [4.69, 9.17) is 14.0 Å². The Morgan fingerprint density at radius 2 is 2.00 bits per heavy atom. The van der Waals surface area contributed by atoms with E-state index in [-0.39, 0.29) is 17.6 Å². The first kappa shape index (κ1) is 15.8. The van der Waals surface area contributed by atoms with E-state index < -0.39 is 0 Å². The van der Waals surface area contributed by atoms with E-state index in [9.17, 15) is 4.79 Å². The monoisotopic (exact) mass is 336 g/mol. The molecule has 1 N–H and O–H groups in total. The number of nitrogens with one attached hydrogen (secondary N) is 1. The molecule has 0 spiro atoms. The second-order valence-electron chi connectivity index (χ2n) is 7.33. The summed E-state index contributed by atoms with van der Waals surface area (Å²) in [7, 11) is 0. The number of carbonyl (C=O) groups excluding carboxylic acids is 1. The molecule has 0 atom stereocenters. The predicted molar refractivity (Wildman–Crippen MR) is 83.3 cm³/mol. The molecular weight excluding hydrogens is 312 g/mol. The quantitative estimate of drug-likeness (QED) is 0.842. The molecule has 0 aromatic carbocycles. The van der Waals surface area contributed by atoms with Crippen molar-refractivity contribution >= 4 is 6.03 Å². The van der Waals surface area contributed by atoms with E-state index in [1.807, 2.05) is 6.92 Å². The molecular formula is C16H24N4O4. The first-order chi connectivity index (χ1) is 11.6. The number of aromatic nitrogens is 2. The molecule has 1 aliphatic carbocycles. The third-order valence-electron chi connectivity index (χ3n) is 5.26. The number of ether oxygens (including phenoxy) is 1. The molecule has 3 heterocycles. The van der Waals surface area contributed by atoms with Gasteiger partial charge in [0.1, 0.15) is 0 Å². The lowest BCUT2D eigenvalue weighted by Gasteiger charge is -2.45. The van der Waals surface area contributed by atoms with E-state index in [1.165, 1.54) is 6.42 Å². The number of hydrogen-bond donors (Lipinski definition) is 1. The number of rotatable bonds is 4. The molecule has 3 fully saturated rings. The van der Waals surface area contributed by atoms with Crippen LogP contribution in [0, 0.1) is 0 Å². The lowest BCUT2D eigenvalue weighted by molar-refractivity contribution is -0.0568. The van der Waals surface area contributed by atoms with Gasteiger partial charge in [0, 0.05) is 32.2 Å². The van der Waals surface area contributed by atoms with Crippen LogP contribution < -0.4 is 5.48 Å². The summed E-state index contributed by atoms with van der Waals surface area (Å²) in [5.74, 6) is 1.61. The van der Waals surface area contributed by atoms with Crippen LogP contribution in [-0.2, 0) is 15.0 Å². The van der Waals surface area contributed by atoms with Crippen molar-refractivity contribution < 1.29 is 18.8 Å². The van der Waals surface area contributed by atoms with E-state index in [0.29, 0.717) is 30.8 Å². The van der Waals surface area contributed by atoms with Gasteiger partial charge < -0.3 is 14.1 Å². The van der Waals surface area contributed by atoms with E-state index in [0.717, 1.165) is 38.9 Å². The van der Waals surface area contributed by atoms with Crippen molar-refractivity contribution in [2.45, 2.75) is 56.5 Å². The molecule has 1 aromatic heterocycles. The van der Waals surface area contributed by atoms with Crippen LogP contribution in [0.5, 0.6) is 0 Å². The molecule has 1 saturated carbocycles. The van der Waals surface area contributed by atoms with Gasteiger partial charge in [-0.2, -0.15) is 0 Å². The molecule has 132 valence electrons. The number of carbonyl (C=O) groups is 1. The minimum absolute atomic E-state index is 0.180. The van der Waals surface area contributed by atoms with Gasteiger partial charge in [-0.15, -0.1) is 10.2 Å². The topological polar surface area (TPSA) is 89.7 Å². The number of urea groups is 1. The van der Waals surface area contributed by atoms with Crippen molar-refractivity contribution in [3.05, 3.63) is 11.8 Å². The molecule has 0 unspecified atom stereocenters. The predicted octanol–water partition coefficient (Wildman–Crippen LogP) is 1.73. The van der Waals surface area contributed by atoms with Crippen LogP contribution in [0.3, 0.4) is 0 Å². The minimum Gasteiger partial charge on any atom is -0.424 e. The second-order valence-corrected chi connectivity index (χ2v) is 7.33. The van der Waals surface area contributed by atoms with Gasteiger partial charge >= 0.3 is 6.03 Å². The Balaban J connectivity index is 1.30. The Morgan fingerprint density at radius 1 is 1.25 bits per heavy atom. The Labute approximate surface area is 140 Å². The number of hydrogen-bond acceptors (Lipinski definition) is 6. The fourth-order valence-electron chi connectivity index (χ4n) is 3.35. The van der Waals surface area contributed by atoms with Crippen LogP contribution in [0.1, 0.15) is 56.7 Å². The van der Waals surface area contributed by atoms with Crippen molar-refractivity contribution in [2.75, 3.05) is 26.3 Å². The van der Waals surface area contributed by atoms with Crippen LogP contribution in [0.4, 0.5) is 4.79 Å². The Hall–Kier alpha value is -1.67. The van der Waals surface area contributed by atoms with Crippen molar-refractivity contribution in [1.82, 2.24) is 20.6 Å². The highest BCUT2D eigenvalue weighted by Crippen LogP contribution is 2.35. The molecule has 2 aliphatic heterocycles. The molecule has 2 saturated heterocycles. The van der Waals surface area contributed by atoms with Gasteiger partial charge in [0.2, 0.25) is 11.8 Å². The standard InChI is InChI=1S/C16H24N4O4/c1-16(9-20(10-16)15(21)19-24-12-3-2-4-12)14-18-17-13(23-14)11-5-7-22-8-6-11/h11-12H,2-10H2,1H3,(H,19,21). The lowest BCUT2D eigenvalue weighted by atomic mass is 9.82. The Bertz CT molecular complexity index is 589. The smallest absolute Gasteiger partial charge is 0.341 e. The van der Waals surface area contributed by atoms with Crippen LogP contribution in [-0.4, -0.2) is 53.5 Å². The summed E-state index contributed by atoms with van der Waals surface area (Å²) in [5.41, 5.74) is 2.27. The molecule has 8 nitrogen and oxygen atoms in total. The summed E-state index contributed by atoms with van der Waals surface area (Å²) >= 11 is 0.